The van der Waals surface area contributed by atoms with Crippen molar-refractivity contribution in [2.24, 2.45) is 0 Å². The molecule has 0 bridgehead atoms. The second kappa shape index (κ2) is 5.83. The molecule has 1 aromatic carbocycles. The molecule has 0 amide bonds. The van der Waals surface area contributed by atoms with Gasteiger partial charge in [-0.2, -0.15) is 4.80 Å². The highest BCUT2D eigenvalue weighted by molar-refractivity contribution is 6.30. The van der Waals surface area contributed by atoms with Crippen LogP contribution in [-0.2, 0) is 11.3 Å². The number of halogens is 1. The van der Waals surface area contributed by atoms with Gasteiger partial charge in [-0.1, -0.05) is 17.7 Å². The van der Waals surface area contributed by atoms with E-state index in [1.807, 2.05) is 0 Å². The van der Waals surface area contributed by atoms with Crippen LogP contribution in [0.15, 0.2) is 24.3 Å². The molecule has 6 nitrogen and oxygen atoms in total. The number of benzene rings is 1. The van der Waals surface area contributed by atoms with Crippen molar-refractivity contribution in [3.8, 4) is 0 Å². The van der Waals surface area contributed by atoms with Gasteiger partial charge in [-0.25, -0.2) is 4.79 Å². The molecule has 20 heavy (non-hydrogen) atoms. The highest BCUT2D eigenvalue weighted by Gasteiger charge is 2.09. The van der Waals surface area contributed by atoms with Crippen molar-refractivity contribution in [2.45, 2.75) is 20.4 Å². The normalized spacial score (nSPS) is 11.7. The highest BCUT2D eigenvalue weighted by Crippen LogP contribution is 2.23. The molecule has 2 aromatic rings. The van der Waals surface area contributed by atoms with E-state index in [0.717, 1.165) is 17.2 Å². The molecule has 0 aliphatic rings. The maximum Gasteiger partial charge on any atom is 0.328 e. The Balaban J connectivity index is 2.40. The zero-order chi connectivity index (χ0) is 14.7. The maximum absolute atomic E-state index is 10.8. The fourth-order valence-corrected chi connectivity index (χ4v) is 2.08. The van der Waals surface area contributed by atoms with Crippen LogP contribution in [0, 0.1) is 6.92 Å². The second-order valence-electron chi connectivity index (χ2n) is 4.33. The molecule has 1 N–H and O–H groups in total. The number of hydrogen-bond donors (Lipinski definition) is 1. The first kappa shape index (κ1) is 14.2. The number of aryl methyl sites for hydroxylation is 1. The van der Waals surface area contributed by atoms with E-state index in [2.05, 4.69) is 15.4 Å². The lowest BCUT2D eigenvalue weighted by Gasteiger charge is -2.09. The molecule has 0 saturated carbocycles. The second-order valence-corrected chi connectivity index (χ2v) is 4.77. The van der Waals surface area contributed by atoms with Crippen molar-refractivity contribution < 1.29 is 9.90 Å². The Hall–Kier alpha value is -2.21. The number of rotatable bonds is 4. The number of allylic oxidation sites excluding steroid dienone is 1. The molecule has 0 radical (unpaired) electrons. The lowest BCUT2D eigenvalue weighted by Crippen LogP contribution is -2.06. The van der Waals surface area contributed by atoms with E-state index >= 15 is 0 Å². The first-order valence-electron chi connectivity index (χ1n) is 5.90. The van der Waals surface area contributed by atoms with Gasteiger partial charge in [0.05, 0.1) is 6.54 Å². The van der Waals surface area contributed by atoms with Crippen LogP contribution in [0.1, 0.15) is 23.9 Å². The minimum absolute atomic E-state index is 0.377. The van der Waals surface area contributed by atoms with Gasteiger partial charge in [-0.3, -0.25) is 0 Å². The third-order valence-electron chi connectivity index (χ3n) is 2.70. The van der Waals surface area contributed by atoms with Gasteiger partial charge in [0.15, 0.2) is 5.82 Å². The van der Waals surface area contributed by atoms with Gasteiger partial charge >= 0.3 is 5.97 Å². The molecule has 0 fully saturated rings. The number of carbonyl (C=O) groups is 1. The summed E-state index contributed by atoms with van der Waals surface area (Å²) in [5, 5.41) is 21.2. The van der Waals surface area contributed by atoms with E-state index in [-0.39, 0.29) is 0 Å². The number of carboxylic acid groups (broad SMARTS) is 1. The van der Waals surface area contributed by atoms with Gasteiger partial charge in [0.1, 0.15) is 0 Å². The van der Waals surface area contributed by atoms with Crippen LogP contribution in [0.4, 0.5) is 0 Å². The van der Waals surface area contributed by atoms with Gasteiger partial charge in [0.2, 0.25) is 0 Å². The fourth-order valence-electron chi connectivity index (χ4n) is 1.88. The summed E-state index contributed by atoms with van der Waals surface area (Å²) < 4.78 is 0. The Bertz CT molecular complexity index is 679. The molecule has 104 valence electrons. The molecule has 0 spiro atoms. The van der Waals surface area contributed by atoms with Crippen molar-refractivity contribution in [3.63, 3.8) is 0 Å². The van der Waals surface area contributed by atoms with Crippen LogP contribution in [0.5, 0.6) is 0 Å². The minimum atomic E-state index is -0.988. The van der Waals surface area contributed by atoms with E-state index in [0.29, 0.717) is 23.0 Å². The van der Waals surface area contributed by atoms with Crippen molar-refractivity contribution in [3.05, 3.63) is 46.2 Å². The Labute approximate surface area is 120 Å². The summed E-state index contributed by atoms with van der Waals surface area (Å²) in [5.74, 6) is -0.412. The predicted molar refractivity (Wildman–Crippen MR) is 74.4 cm³/mol. The smallest absolute Gasteiger partial charge is 0.328 e. The Morgan fingerprint density at radius 2 is 2.25 bits per heavy atom. The summed E-state index contributed by atoms with van der Waals surface area (Å²) in [6.45, 7) is 3.86. The molecule has 7 heteroatoms. The van der Waals surface area contributed by atoms with E-state index in [9.17, 15) is 4.79 Å². The number of hydrogen-bond acceptors (Lipinski definition) is 4. The van der Waals surface area contributed by atoms with Gasteiger partial charge in [0.25, 0.3) is 0 Å². The van der Waals surface area contributed by atoms with Crippen molar-refractivity contribution >= 4 is 23.1 Å². The van der Waals surface area contributed by atoms with Crippen molar-refractivity contribution in [2.75, 3.05) is 0 Å². The monoisotopic (exact) mass is 292 g/mol. The summed E-state index contributed by atoms with van der Waals surface area (Å²) in [5.41, 5.74) is 2.28. The average molecular weight is 293 g/mol. The average Bonchev–Trinajstić information content (AvgIpc) is 2.73. The van der Waals surface area contributed by atoms with E-state index in [1.54, 1.807) is 32.0 Å². The minimum Gasteiger partial charge on any atom is -0.478 e. The van der Waals surface area contributed by atoms with E-state index < -0.39 is 5.97 Å². The van der Waals surface area contributed by atoms with Crippen molar-refractivity contribution in [1.29, 1.82) is 0 Å². The molecular weight excluding hydrogens is 280 g/mol. The zero-order valence-electron chi connectivity index (χ0n) is 11.0. The number of aromatic nitrogens is 4. The van der Waals surface area contributed by atoms with Gasteiger partial charge in [-0.15, -0.1) is 10.2 Å². The summed E-state index contributed by atoms with van der Waals surface area (Å²) in [4.78, 5) is 12.2. The third-order valence-corrected chi connectivity index (χ3v) is 2.93. The quantitative estimate of drug-likeness (QED) is 0.874. The number of aliphatic carboxylic acids is 1. The Kier molecular flexibility index (Phi) is 4.14. The zero-order valence-corrected chi connectivity index (χ0v) is 11.8. The van der Waals surface area contributed by atoms with Crippen LogP contribution < -0.4 is 0 Å². The summed E-state index contributed by atoms with van der Waals surface area (Å²) in [7, 11) is 0. The Morgan fingerprint density at radius 3 is 2.85 bits per heavy atom. The van der Waals surface area contributed by atoms with Gasteiger partial charge in [-0.05, 0) is 47.9 Å². The number of tetrazole rings is 1. The molecular formula is C13H13ClN4O2. The van der Waals surface area contributed by atoms with Gasteiger partial charge in [0, 0.05) is 11.1 Å². The lowest BCUT2D eigenvalue weighted by atomic mass is 10.0. The fraction of sp³-hybridized carbons (Fsp3) is 0.231. The molecule has 1 aromatic heterocycles. The Morgan fingerprint density at radius 1 is 1.50 bits per heavy atom. The molecule has 0 atom stereocenters. The van der Waals surface area contributed by atoms with E-state index in [1.165, 1.54) is 4.80 Å². The van der Waals surface area contributed by atoms with Crippen LogP contribution in [0.3, 0.4) is 0 Å². The number of nitrogens with zero attached hydrogens (tertiary/aromatic N) is 4. The molecule has 0 unspecified atom stereocenters. The largest absolute Gasteiger partial charge is 0.478 e. The third kappa shape index (κ3) is 3.42. The summed E-state index contributed by atoms with van der Waals surface area (Å²) in [6, 6.07) is 5.28. The van der Waals surface area contributed by atoms with Crippen LogP contribution in [0.2, 0.25) is 5.02 Å². The summed E-state index contributed by atoms with van der Waals surface area (Å²) >= 11 is 6.00. The topological polar surface area (TPSA) is 80.9 Å². The van der Waals surface area contributed by atoms with E-state index in [4.69, 9.17) is 16.7 Å². The molecule has 0 aliphatic heterocycles. The van der Waals surface area contributed by atoms with Crippen LogP contribution in [-0.4, -0.2) is 31.3 Å². The molecule has 0 aliphatic carbocycles. The number of carboxylic acids is 1. The molecule has 1 heterocycles. The highest BCUT2D eigenvalue weighted by atomic mass is 35.5. The molecule has 0 saturated heterocycles. The van der Waals surface area contributed by atoms with Crippen LogP contribution >= 0.6 is 11.6 Å². The predicted octanol–water partition coefficient (Wildman–Crippen LogP) is 2.17. The maximum atomic E-state index is 10.8. The molecule has 2 rings (SSSR count). The van der Waals surface area contributed by atoms with Crippen LogP contribution in [0.25, 0.3) is 5.57 Å². The van der Waals surface area contributed by atoms with Gasteiger partial charge < -0.3 is 5.11 Å². The summed E-state index contributed by atoms with van der Waals surface area (Å²) in [6.07, 6.45) is 1.16. The lowest BCUT2D eigenvalue weighted by molar-refractivity contribution is -0.131. The SMILES string of the molecule is C/C(=C\C(=O)O)c1ccc(Cl)cc1Cn1nnc(C)n1. The first-order valence-corrected chi connectivity index (χ1v) is 6.28. The standard InChI is InChI=1S/C13H13ClN4O2/c1-8(5-13(19)20)12-4-3-11(14)6-10(12)7-18-16-9(2)15-17-18/h3-6H,7H2,1-2H3,(H,19,20)/b8-5+. The first-order chi connectivity index (χ1) is 9.45. The van der Waals surface area contributed by atoms with Crippen molar-refractivity contribution in [1.82, 2.24) is 20.2 Å².